The van der Waals surface area contributed by atoms with Crippen molar-refractivity contribution in [2.45, 2.75) is 50.1 Å². The predicted octanol–water partition coefficient (Wildman–Crippen LogP) is 4.86. The van der Waals surface area contributed by atoms with E-state index in [0.29, 0.717) is 18.2 Å². The summed E-state index contributed by atoms with van der Waals surface area (Å²) >= 11 is 0. The molecule has 0 fully saturated rings. The molecular formula is C44H38O22. The summed E-state index contributed by atoms with van der Waals surface area (Å²) in [5, 5.41) is 169. The van der Waals surface area contributed by atoms with Gasteiger partial charge in [-0.3, -0.25) is 0 Å². The molecule has 22 heteroatoms. The summed E-state index contributed by atoms with van der Waals surface area (Å²) in [5.41, 5.74) is -2.47. The third kappa shape index (κ3) is 8.27. The van der Waals surface area contributed by atoms with Crippen molar-refractivity contribution in [3.8, 4) is 86.2 Å². The zero-order valence-electron chi connectivity index (χ0n) is 33.7. The lowest BCUT2D eigenvalue weighted by Gasteiger charge is -2.39. The molecule has 7 rings (SSSR count). The fourth-order valence-electron chi connectivity index (χ4n) is 7.59. The van der Waals surface area contributed by atoms with Crippen LogP contribution in [0.5, 0.6) is 86.2 Å². The van der Waals surface area contributed by atoms with Gasteiger partial charge in [-0.05, 0) is 43.3 Å². The van der Waals surface area contributed by atoms with Gasteiger partial charge in [-0.15, -0.1) is 0 Å². The van der Waals surface area contributed by atoms with Crippen LogP contribution in [0.15, 0.2) is 78.0 Å². The van der Waals surface area contributed by atoms with Crippen molar-refractivity contribution in [1.29, 1.82) is 0 Å². The monoisotopic (exact) mass is 918 g/mol. The van der Waals surface area contributed by atoms with E-state index >= 15 is 0 Å². The number of carbonyl (C=O) groups excluding carboxylic acids is 2. The number of aliphatic hydroxyl groups excluding tert-OH is 3. The Kier molecular flexibility index (Phi) is 11.5. The number of rotatable bonds is 9. The second kappa shape index (κ2) is 16.9. The first-order chi connectivity index (χ1) is 31.0. The maximum Gasteiger partial charge on any atom is 0.338 e. The number of benzene rings is 5. The molecule has 0 amide bonds. The minimum atomic E-state index is -1.98. The molecule has 5 aromatic rings. The highest BCUT2D eigenvalue weighted by Crippen LogP contribution is 2.53. The largest absolute Gasteiger partial charge is 0.509 e. The van der Waals surface area contributed by atoms with Gasteiger partial charge >= 0.3 is 11.9 Å². The second-order valence-corrected chi connectivity index (χ2v) is 15.1. The van der Waals surface area contributed by atoms with Gasteiger partial charge in [-0.25, -0.2) is 9.59 Å². The number of esters is 2. The van der Waals surface area contributed by atoms with E-state index in [1.807, 2.05) is 0 Å². The van der Waals surface area contributed by atoms with E-state index in [0.717, 1.165) is 49.4 Å². The van der Waals surface area contributed by atoms with Gasteiger partial charge in [-0.1, -0.05) is 0 Å². The van der Waals surface area contributed by atoms with Crippen LogP contribution in [0.3, 0.4) is 0 Å². The highest BCUT2D eigenvalue weighted by Gasteiger charge is 2.46. The Morgan fingerprint density at radius 3 is 1.48 bits per heavy atom. The molecule has 2 heterocycles. The first kappa shape index (κ1) is 45.0. The summed E-state index contributed by atoms with van der Waals surface area (Å²) in [4.78, 5) is 27.5. The Balaban J connectivity index is 1.47. The van der Waals surface area contributed by atoms with E-state index in [1.165, 1.54) is 0 Å². The number of aromatic hydroxyl groups is 13. The van der Waals surface area contributed by atoms with E-state index < -0.39 is 169 Å². The zero-order valence-corrected chi connectivity index (χ0v) is 33.7. The Hall–Kier alpha value is -9.08. The van der Waals surface area contributed by atoms with Crippen molar-refractivity contribution in [2.24, 2.45) is 0 Å². The molecule has 5 unspecified atom stereocenters. The Bertz CT molecular complexity index is 2830. The molecular weight excluding hydrogens is 880 g/mol. The number of hydrogen-bond acceptors (Lipinski definition) is 22. The van der Waals surface area contributed by atoms with Gasteiger partial charge in [0, 0.05) is 59.4 Å². The maximum atomic E-state index is 13.8. The SMILES string of the molecule is C/C(O)=C(O)\C(O)=C/C(c1c(C2Oc3cc(O)cc(O)c3CC2OC(=O)c2cc(O)c(O)c(O)c2)cc(O)c(O)c1O)C1Oc2cc(O)cc(O)c2CC1OC(=O)c1cc(O)c(O)c(O)c1. The summed E-state index contributed by atoms with van der Waals surface area (Å²) in [5.74, 6) is -20.1. The fraction of sp³-hybridized carbons (Fsp3) is 0.182. The molecule has 0 aliphatic carbocycles. The highest BCUT2D eigenvalue weighted by atomic mass is 16.6. The molecule has 2 aliphatic heterocycles. The number of ether oxygens (including phenoxy) is 4. The van der Waals surface area contributed by atoms with Gasteiger partial charge < -0.3 is 101 Å². The molecule has 346 valence electrons. The third-order valence-corrected chi connectivity index (χ3v) is 10.7. The van der Waals surface area contributed by atoms with Crippen LogP contribution in [0.4, 0.5) is 0 Å². The average molecular weight is 919 g/mol. The van der Waals surface area contributed by atoms with E-state index in [9.17, 15) is 91.3 Å². The quantitative estimate of drug-likeness (QED) is 0.0406. The summed E-state index contributed by atoms with van der Waals surface area (Å²) < 4.78 is 24.0. The zero-order chi connectivity index (χ0) is 48.2. The maximum absolute atomic E-state index is 13.8. The first-order valence-corrected chi connectivity index (χ1v) is 19.2. The van der Waals surface area contributed by atoms with Crippen molar-refractivity contribution in [3.63, 3.8) is 0 Å². The van der Waals surface area contributed by atoms with Crippen molar-refractivity contribution < 1.29 is 110 Å². The molecule has 66 heavy (non-hydrogen) atoms. The highest BCUT2D eigenvalue weighted by molar-refractivity contribution is 5.92. The summed E-state index contributed by atoms with van der Waals surface area (Å²) in [6, 6.07) is 7.54. The van der Waals surface area contributed by atoms with Gasteiger partial charge in [0.15, 0.2) is 63.6 Å². The van der Waals surface area contributed by atoms with Crippen LogP contribution >= 0.6 is 0 Å². The lowest BCUT2D eigenvalue weighted by atomic mass is 9.79. The number of phenols is 13. The molecule has 16 N–H and O–H groups in total. The smallest absolute Gasteiger partial charge is 0.338 e. The van der Waals surface area contributed by atoms with Gasteiger partial charge in [0.05, 0.1) is 17.0 Å². The molecule has 0 radical (unpaired) electrons. The lowest BCUT2D eigenvalue weighted by Crippen LogP contribution is -2.45. The molecule has 22 nitrogen and oxygen atoms in total. The number of carbonyl (C=O) groups is 2. The van der Waals surface area contributed by atoms with Crippen LogP contribution in [-0.4, -0.2) is 112 Å². The Morgan fingerprint density at radius 2 is 1.00 bits per heavy atom. The molecule has 0 aromatic heterocycles. The Morgan fingerprint density at radius 1 is 0.561 bits per heavy atom. The van der Waals surface area contributed by atoms with Crippen molar-refractivity contribution in [3.05, 3.63) is 111 Å². The fourth-order valence-corrected chi connectivity index (χ4v) is 7.59. The van der Waals surface area contributed by atoms with Crippen molar-refractivity contribution >= 4 is 11.9 Å². The van der Waals surface area contributed by atoms with Crippen LogP contribution in [0, 0.1) is 0 Å². The number of fused-ring (bicyclic) bond motifs is 2. The van der Waals surface area contributed by atoms with E-state index in [-0.39, 0.29) is 22.6 Å². The second-order valence-electron chi connectivity index (χ2n) is 15.1. The molecule has 0 saturated heterocycles. The number of hydrogen-bond donors (Lipinski definition) is 16. The minimum absolute atomic E-state index is 0.0836. The van der Waals surface area contributed by atoms with E-state index in [4.69, 9.17) is 18.9 Å². The van der Waals surface area contributed by atoms with Crippen LogP contribution < -0.4 is 9.47 Å². The number of aliphatic hydroxyl groups is 3. The minimum Gasteiger partial charge on any atom is -0.509 e. The van der Waals surface area contributed by atoms with Crippen LogP contribution in [-0.2, 0) is 22.3 Å². The number of allylic oxidation sites excluding steroid dienone is 1. The van der Waals surface area contributed by atoms with Crippen LogP contribution in [0.25, 0.3) is 0 Å². The third-order valence-electron chi connectivity index (χ3n) is 10.7. The first-order valence-electron chi connectivity index (χ1n) is 19.2. The summed E-state index contributed by atoms with van der Waals surface area (Å²) in [6.07, 6.45) is -7.63. The van der Waals surface area contributed by atoms with Crippen LogP contribution in [0.2, 0.25) is 0 Å². The van der Waals surface area contributed by atoms with E-state index in [1.54, 1.807) is 0 Å². The molecule has 2 aliphatic rings. The lowest BCUT2D eigenvalue weighted by molar-refractivity contribution is -0.0251. The predicted molar refractivity (Wildman–Crippen MR) is 219 cm³/mol. The Labute approximate surface area is 369 Å². The standard InChI is InChI=1S/C44H38O22/c1-14(45)36(56)29(54)10-21(41-33(12-19-23(48)6-17(46)8-31(19)63-41)65-43(61)15-2-25(50)37(57)26(51)3-15)35-22(11-30(55)39(59)40(35)60)42-34(13-20-24(49)7-18(47)9-32(20)64-42)66-44(62)16-4-27(52)38(58)28(53)5-16/h2-11,21,33-34,41-42,45-60H,12-13H2,1H3/b29-10+,36-14-. The molecule has 0 spiro atoms. The van der Waals surface area contributed by atoms with Gasteiger partial charge in [0.25, 0.3) is 0 Å². The topological polar surface area (TPSA) is 395 Å². The molecule has 5 atom stereocenters. The summed E-state index contributed by atoms with van der Waals surface area (Å²) in [6.45, 7) is 0.959. The van der Waals surface area contributed by atoms with Crippen molar-refractivity contribution in [1.82, 2.24) is 0 Å². The van der Waals surface area contributed by atoms with Crippen LogP contribution in [0.1, 0.15) is 61.9 Å². The number of phenolic OH excluding ortho intramolecular Hbond substituents is 13. The molecule has 0 saturated carbocycles. The van der Waals surface area contributed by atoms with Crippen molar-refractivity contribution in [2.75, 3.05) is 0 Å². The average Bonchev–Trinajstić information content (AvgIpc) is 3.25. The molecule has 5 aromatic carbocycles. The van der Waals surface area contributed by atoms with Gasteiger partial charge in [0.2, 0.25) is 5.75 Å². The van der Waals surface area contributed by atoms with E-state index in [2.05, 4.69) is 0 Å². The molecule has 0 bridgehead atoms. The van der Waals surface area contributed by atoms with Gasteiger partial charge in [0.1, 0.15) is 58.6 Å². The normalized spacial score (nSPS) is 18.7. The summed E-state index contributed by atoms with van der Waals surface area (Å²) in [7, 11) is 0. The van der Waals surface area contributed by atoms with Gasteiger partial charge in [-0.2, -0.15) is 0 Å².